The number of hydrogen-bond acceptors (Lipinski definition) is 5. The third-order valence-electron chi connectivity index (χ3n) is 3.41. The molecule has 0 radical (unpaired) electrons. The van der Waals surface area contributed by atoms with Crippen molar-refractivity contribution < 1.29 is 21.6 Å². The van der Waals surface area contributed by atoms with E-state index < -0.39 is 20.0 Å². The van der Waals surface area contributed by atoms with Crippen LogP contribution >= 0.6 is 11.6 Å². The van der Waals surface area contributed by atoms with Crippen molar-refractivity contribution in [3.05, 3.63) is 53.6 Å². The maximum absolute atomic E-state index is 12.1. The minimum Gasteiger partial charge on any atom is -0.494 e. The van der Waals surface area contributed by atoms with E-state index in [1.165, 1.54) is 12.1 Å². The molecule has 2 rings (SSSR count). The highest BCUT2D eigenvalue weighted by Gasteiger charge is 2.15. The van der Waals surface area contributed by atoms with E-state index in [4.69, 9.17) is 21.5 Å². The van der Waals surface area contributed by atoms with Gasteiger partial charge < -0.3 is 4.74 Å². The quantitative estimate of drug-likeness (QED) is 0.605. The predicted molar refractivity (Wildman–Crippen MR) is 99.2 cm³/mol. The Morgan fingerprint density at radius 2 is 1.46 bits per heavy atom. The number of primary sulfonamides is 1. The molecule has 0 aromatic heterocycles. The number of nitrogens with one attached hydrogen (secondary N) is 1. The topological polar surface area (TPSA) is 116 Å². The van der Waals surface area contributed by atoms with Crippen LogP contribution in [0, 0.1) is 0 Å². The van der Waals surface area contributed by atoms with E-state index >= 15 is 0 Å². The Kier molecular flexibility index (Phi) is 7.01. The lowest BCUT2D eigenvalue weighted by molar-refractivity contribution is 0.307. The van der Waals surface area contributed by atoms with Crippen LogP contribution in [0.4, 0.5) is 0 Å². The Labute approximate surface area is 158 Å². The van der Waals surface area contributed by atoms with Crippen LogP contribution in [-0.4, -0.2) is 30.0 Å². The third-order valence-corrected chi connectivity index (χ3v) is 6.07. The van der Waals surface area contributed by atoms with Crippen molar-refractivity contribution in [2.75, 3.05) is 13.2 Å². The highest BCUT2D eigenvalue weighted by atomic mass is 35.5. The Balaban J connectivity index is 1.76. The molecule has 142 valence electrons. The van der Waals surface area contributed by atoms with Gasteiger partial charge in [0, 0.05) is 11.6 Å². The second-order valence-corrected chi connectivity index (χ2v) is 9.19. The molecular formula is C16H19ClN2O5S2. The second-order valence-electron chi connectivity index (χ2n) is 5.42. The molecule has 0 bridgehead atoms. The molecule has 0 heterocycles. The monoisotopic (exact) mass is 418 g/mol. The van der Waals surface area contributed by atoms with Gasteiger partial charge in [-0.05, 0) is 61.4 Å². The highest BCUT2D eigenvalue weighted by molar-refractivity contribution is 7.89. The largest absolute Gasteiger partial charge is 0.494 e. The fourth-order valence-electron chi connectivity index (χ4n) is 2.05. The number of rotatable bonds is 9. The van der Waals surface area contributed by atoms with Crippen LogP contribution < -0.4 is 14.6 Å². The maximum Gasteiger partial charge on any atom is 0.240 e. The number of ether oxygens (including phenoxy) is 1. The van der Waals surface area contributed by atoms with E-state index in [9.17, 15) is 16.8 Å². The van der Waals surface area contributed by atoms with Gasteiger partial charge in [0.05, 0.1) is 16.4 Å². The Morgan fingerprint density at radius 1 is 0.885 bits per heavy atom. The highest BCUT2D eigenvalue weighted by Crippen LogP contribution is 2.16. The molecule has 0 aliphatic rings. The lowest BCUT2D eigenvalue weighted by atomic mass is 10.3. The van der Waals surface area contributed by atoms with Crippen LogP contribution in [0.15, 0.2) is 58.3 Å². The zero-order valence-electron chi connectivity index (χ0n) is 13.8. The summed E-state index contributed by atoms with van der Waals surface area (Å²) in [5, 5.41) is 5.61. The van der Waals surface area contributed by atoms with E-state index in [1.54, 1.807) is 24.3 Å². The lowest BCUT2D eigenvalue weighted by Gasteiger charge is -2.08. The molecule has 0 spiro atoms. The summed E-state index contributed by atoms with van der Waals surface area (Å²) in [5.41, 5.74) is 0. The first-order valence-corrected chi connectivity index (χ1v) is 11.1. The molecule has 0 aliphatic heterocycles. The molecular weight excluding hydrogens is 400 g/mol. The van der Waals surface area contributed by atoms with Gasteiger partial charge in [0.1, 0.15) is 5.75 Å². The molecule has 0 fully saturated rings. The van der Waals surface area contributed by atoms with Crippen molar-refractivity contribution >= 4 is 31.6 Å². The third kappa shape index (κ3) is 6.26. The summed E-state index contributed by atoms with van der Waals surface area (Å²) in [7, 11) is -7.56. The smallest absolute Gasteiger partial charge is 0.240 e. The van der Waals surface area contributed by atoms with Crippen molar-refractivity contribution in [3.8, 4) is 5.75 Å². The van der Waals surface area contributed by atoms with Crippen molar-refractivity contribution in [3.63, 3.8) is 0 Å². The Hall–Kier alpha value is -1.65. The zero-order valence-corrected chi connectivity index (χ0v) is 16.1. The minimum absolute atomic E-state index is 0.0256. The fraction of sp³-hybridized carbons (Fsp3) is 0.250. The molecule has 3 N–H and O–H groups in total. The molecule has 0 amide bonds. The summed E-state index contributed by atoms with van der Waals surface area (Å²) in [6.07, 6.45) is 1.25. The number of halogens is 1. The number of sulfonamides is 2. The molecule has 2 aromatic carbocycles. The summed E-state index contributed by atoms with van der Waals surface area (Å²) in [5.74, 6) is 0.699. The van der Waals surface area contributed by atoms with Gasteiger partial charge in [0.15, 0.2) is 0 Å². The molecule has 0 unspecified atom stereocenters. The molecule has 10 heteroatoms. The van der Waals surface area contributed by atoms with Crippen LogP contribution in [0.25, 0.3) is 0 Å². The first kappa shape index (κ1) is 20.7. The normalized spacial score (nSPS) is 12.1. The Morgan fingerprint density at radius 3 is 2.04 bits per heavy atom. The number of hydrogen-bond donors (Lipinski definition) is 2. The van der Waals surface area contributed by atoms with Gasteiger partial charge in [-0.3, -0.25) is 0 Å². The van der Waals surface area contributed by atoms with E-state index in [1.807, 2.05) is 0 Å². The second kappa shape index (κ2) is 8.83. The molecule has 26 heavy (non-hydrogen) atoms. The lowest BCUT2D eigenvalue weighted by Crippen LogP contribution is -2.25. The van der Waals surface area contributed by atoms with E-state index in [0.717, 1.165) is 12.1 Å². The van der Waals surface area contributed by atoms with Crippen LogP contribution in [0.5, 0.6) is 5.75 Å². The predicted octanol–water partition coefficient (Wildman–Crippen LogP) is 2.12. The summed E-state index contributed by atoms with van der Waals surface area (Å²) in [4.78, 5) is -0.168. The van der Waals surface area contributed by atoms with E-state index in [-0.39, 0.29) is 16.3 Å². The zero-order chi connectivity index (χ0) is 19.2. The van der Waals surface area contributed by atoms with Gasteiger partial charge in [-0.25, -0.2) is 26.7 Å². The van der Waals surface area contributed by atoms with Crippen LogP contribution in [0.1, 0.15) is 12.8 Å². The van der Waals surface area contributed by atoms with Crippen molar-refractivity contribution in [2.24, 2.45) is 5.14 Å². The molecule has 0 atom stereocenters. The van der Waals surface area contributed by atoms with Gasteiger partial charge in [0.25, 0.3) is 0 Å². The van der Waals surface area contributed by atoms with Crippen LogP contribution in [0.2, 0.25) is 5.02 Å². The number of unbranched alkanes of at least 4 members (excludes halogenated alkanes) is 1. The first-order chi connectivity index (χ1) is 12.2. The summed E-state index contributed by atoms with van der Waals surface area (Å²) >= 11 is 5.78. The van der Waals surface area contributed by atoms with E-state index in [0.29, 0.717) is 30.2 Å². The Bertz CT molecular complexity index is 928. The van der Waals surface area contributed by atoms with Gasteiger partial charge >= 0.3 is 0 Å². The average Bonchev–Trinajstić information content (AvgIpc) is 2.59. The van der Waals surface area contributed by atoms with Gasteiger partial charge in [-0.15, -0.1) is 0 Å². The first-order valence-electron chi connectivity index (χ1n) is 7.69. The summed E-state index contributed by atoms with van der Waals surface area (Å²) in [6.45, 7) is 0.690. The molecule has 0 aliphatic carbocycles. The number of benzene rings is 2. The molecule has 0 saturated carbocycles. The SMILES string of the molecule is NS(=O)(=O)c1ccc(S(=O)(=O)NCCCCOc2ccc(Cl)cc2)cc1. The van der Waals surface area contributed by atoms with Crippen molar-refractivity contribution in [2.45, 2.75) is 22.6 Å². The fourth-order valence-corrected chi connectivity index (χ4v) is 3.76. The minimum atomic E-state index is -3.85. The standard InChI is InChI=1S/C16H19ClN2O5S2/c17-13-3-5-14(6-4-13)24-12-2-1-11-19-26(22,23)16-9-7-15(8-10-16)25(18,20)21/h3-10,19H,1-2,11-12H2,(H2,18,20,21). The molecule has 2 aromatic rings. The van der Waals surface area contributed by atoms with Gasteiger partial charge in [0.2, 0.25) is 20.0 Å². The maximum atomic E-state index is 12.1. The van der Waals surface area contributed by atoms with E-state index in [2.05, 4.69) is 4.72 Å². The van der Waals surface area contributed by atoms with Crippen LogP contribution in [-0.2, 0) is 20.0 Å². The van der Waals surface area contributed by atoms with Gasteiger partial charge in [-0.1, -0.05) is 11.6 Å². The molecule has 0 saturated heterocycles. The summed E-state index contributed by atoms with van der Waals surface area (Å²) < 4.78 is 54.6. The average molecular weight is 419 g/mol. The van der Waals surface area contributed by atoms with Crippen molar-refractivity contribution in [1.82, 2.24) is 4.72 Å². The summed E-state index contributed by atoms with van der Waals surface area (Å²) in [6, 6.07) is 11.7. The number of nitrogens with two attached hydrogens (primary N) is 1. The van der Waals surface area contributed by atoms with Crippen LogP contribution in [0.3, 0.4) is 0 Å². The van der Waals surface area contributed by atoms with Crippen molar-refractivity contribution in [1.29, 1.82) is 0 Å². The molecule has 7 nitrogen and oxygen atoms in total. The van der Waals surface area contributed by atoms with Gasteiger partial charge in [-0.2, -0.15) is 0 Å².